The number of nitrogens with zero attached hydrogens (tertiary/aromatic N) is 2. The summed E-state index contributed by atoms with van der Waals surface area (Å²) in [5.41, 5.74) is 22.2. The van der Waals surface area contributed by atoms with Crippen LogP contribution in [0.2, 0.25) is 0 Å². The molecule has 0 N–H and O–H groups in total. The summed E-state index contributed by atoms with van der Waals surface area (Å²) in [4.78, 5) is 5.36. The van der Waals surface area contributed by atoms with E-state index in [-0.39, 0.29) is 17.7 Å². The fourth-order valence-corrected chi connectivity index (χ4v) is 10.8. The van der Waals surface area contributed by atoms with Crippen LogP contribution in [0.3, 0.4) is 0 Å². The van der Waals surface area contributed by atoms with Gasteiger partial charge in [0, 0.05) is 39.1 Å². The van der Waals surface area contributed by atoms with Crippen molar-refractivity contribution in [3.05, 3.63) is 186 Å². The molecule has 0 atom stereocenters. The van der Waals surface area contributed by atoms with Crippen molar-refractivity contribution in [2.45, 2.75) is 38.5 Å². The fourth-order valence-electron chi connectivity index (χ4n) is 10.8. The van der Waals surface area contributed by atoms with Gasteiger partial charge in [-0.1, -0.05) is 155 Å². The molecule has 260 valence electrons. The zero-order chi connectivity index (χ0) is 36.8. The van der Waals surface area contributed by atoms with Gasteiger partial charge in [0.25, 0.3) is 0 Å². The van der Waals surface area contributed by atoms with Gasteiger partial charge >= 0.3 is 6.85 Å². The van der Waals surface area contributed by atoms with E-state index in [1.54, 1.807) is 0 Å². The molecule has 0 spiro atoms. The highest BCUT2D eigenvalue weighted by molar-refractivity contribution is 6.93. The van der Waals surface area contributed by atoms with Gasteiger partial charge in [0.15, 0.2) is 0 Å². The van der Waals surface area contributed by atoms with Gasteiger partial charge in [0.2, 0.25) is 0 Å². The Hall–Kier alpha value is -6.32. The first-order valence-electron chi connectivity index (χ1n) is 19.6. The molecule has 0 saturated heterocycles. The lowest BCUT2D eigenvalue weighted by atomic mass is 9.42. The van der Waals surface area contributed by atoms with Gasteiger partial charge in [-0.25, -0.2) is 0 Å². The first-order valence-corrected chi connectivity index (χ1v) is 19.6. The highest BCUT2D eigenvalue weighted by Gasteiger charge is 2.53. The number of para-hydroxylation sites is 2. The van der Waals surface area contributed by atoms with Crippen LogP contribution in [0.25, 0.3) is 44.2 Å². The Morgan fingerprint density at radius 2 is 1.09 bits per heavy atom. The van der Waals surface area contributed by atoms with Crippen LogP contribution in [-0.2, 0) is 10.8 Å². The Bertz CT molecular complexity index is 2940. The summed E-state index contributed by atoms with van der Waals surface area (Å²) in [6.07, 6.45) is 0. The lowest BCUT2D eigenvalue weighted by Crippen LogP contribution is -2.63. The fraction of sp³-hybridized carbons (Fsp3) is 0.115. The van der Waals surface area contributed by atoms with E-state index < -0.39 is 0 Å². The average Bonchev–Trinajstić information content (AvgIpc) is 3.45. The van der Waals surface area contributed by atoms with Crippen LogP contribution in [0.5, 0.6) is 0 Å². The van der Waals surface area contributed by atoms with E-state index in [4.69, 9.17) is 0 Å². The number of benzene rings is 8. The molecule has 0 saturated carbocycles. The van der Waals surface area contributed by atoms with Crippen molar-refractivity contribution >= 4 is 57.0 Å². The van der Waals surface area contributed by atoms with Crippen LogP contribution in [0.15, 0.2) is 164 Å². The normalized spacial score (nSPS) is 15.8. The van der Waals surface area contributed by atoms with Gasteiger partial charge in [-0.15, -0.1) is 0 Å². The Morgan fingerprint density at radius 3 is 1.89 bits per heavy atom. The predicted octanol–water partition coefficient (Wildman–Crippen LogP) is 12.2. The van der Waals surface area contributed by atoms with Crippen LogP contribution < -0.4 is 20.6 Å². The standard InChI is InChI=1S/C52H39BN2/c1-51(2)42-21-12-13-24-45(42)54-49-43(51)22-14-23-44(49)53-48-40(31-39-37-19-10-11-20-41(37)52(3,4)47(39)50(48)54)38-29-34-17-8-9-18-35(34)30-46(38)55(53)36-27-25-33(26-28-36)32-15-6-5-7-16-32/h5-31H,1-4H3. The molecule has 2 nitrogen and oxygen atoms in total. The molecule has 8 aromatic rings. The van der Waals surface area contributed by atoms with E-state index in [1.165, 1.54) is 106 Å². The van der Waals surface area contributed by atoms with Gasteiger partial charge < -0.3 is 9.71 Å². The Morgan fingerprint density at radius 1 is 0.436 bits per heavy atom. The summed E-state index contributed by atoms with van der Waals surface area (Å²) in [5, 5.41) is 2.52. The molecule has 3 heterocycles. The Kier molecular flexibility index (Phi) is 6.03. The van der Waals surface area contributed by atoms with Crippen LogP contribution in [0, 0.1) is 0 Å². The van der Waals surface area contributed by atoms with Crippen molar-refractivity contribution in [2.75, 3.05) is 9.71 Å². The maximum atomic E-state index is 2.69. The summed E-state index contributed by atoms with van der Waals surface area (Å²) in [7, 11) is 0. The van der Waals surface area contributed by atoms with Crippen LogP contribution in [0.1, 0.15) is 49.9 Å². The van der Waals surface area contributed by atoms with Crippen LogP contribution in [-0.4, -0.2) is 6.85 Å². The predicted molar refractivity (Wildman–Crippen MR) is 233 cm³/mol. The van der Waals surface area contributed by atoms with Crippen molar-refractivity contribution in [3.63, 3.8) is 0 Å². The largest absolute Gasteiger partial charge is 0.376 e. The minimum Gasteiger partial charge on any atom is -0.376 e. The zero-order valence-corrected chi connectivity index (χ0v) is 31.6. The van der Waals surface area contributed by atoms with E-state index in [9.17, 15) is 0 Å². The number of anilines is 5. The van der Waals surface area contributed by atoms with Crippen LogP contribution in [0.4, 0.5) is 28.4 Å². The molecule has 8 aromatic carbocycles. The van der Waals surface area contributed by atoms with Crippen molar-refractivity contribution in [3.8, 4) is 33.4 Å². The van der Waals surface area contributed by atoms with E-state index in [1.807, 2.05) is 0 Å². The van der Waals surface area contributed by atoms with E-state index in [0.717, 1.165) is 0 Å². The van der Waals surface area contributed by atoms with Gasteiger partial charge in [-0.3, -0.25) is 0 Å². The molecule has 4 aliphatic rings. The quantitative estimate of drug-likeness (QED) is 0.166. The molecule has 12 rings (SSSR count). The zero-order valence-electron chi connectivity index (χ0n) is 31.6. The Labute approximate surface area is 323 Å². The number of fused-ring (bicyclic) bond motifs is 11. The molecule has 55 heavy (non-hydrogen) atoms. The summed E-state index contributed by atoms with van der Waals surface area (Å²) in [6, 6.07) is 61.8. The SMILES string of the molecule is CC1(C)c2ccccc2N2c3c(cccc31)B1c3c(cc4c(c32)C(C)(C)c2ccccc2-4)-c2cc3ccccc3cc2N1c1ccc(-c2ccccc2)cc1. The molecule has 0 amide bonds. The molecule has 0 radical (unpaired) electrons. The van der Waals surface area contributed by atoms with Gasteiger partial charge in [-0.2, -0.15) is 0 Å². The van der Waals surface area contributed by atoms with Crippen molar-refractivity contribution < 1.29 is 0 Å². The molecular formula is C52H39BN2. The lowest BCUT2D eigenvalue weighted by Gasteiger charge is -2.51. The monoisotopic (exact) mass is 702 g/mol. The third-order valence-corrected chi connectivity index (χ3v) is 13.4. The first-order chi connectivity index (χ1) is 26.8. The minimum atomic E-state index is -0.207. The smallest absolute Gasteiger partial charge is 0.333 e. The van der Waals surface area contributed by atoms with Crippen LogP contribution >= 0.6 is 0 Å². The summed E-state index contributed by atoms with van der Waals surface area (Å²) >= 11 is 0. The van der Waals surface area contributed by atoms with Crippen molar-refractivity contribution in [2.24, 2.45) is 0 Å². The van der Waals surface area contributed by atoms with E-state index >= 15 is 0 Å². The second-order valence-corrected chi connectivity index (χ2v) is 16.9. The number of rotatable bonds is 2. The molecule has 0 unspecified atom stereocenters. The van der Waals surface area contributed by atoms with E-state index in [0.29, 0.717) is 0 Å². The second-order valence-electron chi connectivity index (χ2n) is 16.9. The number of hydrogen-bond donors (Lipinski definition) is 0. The molecule has 3 aliphatic heterocycles. The highest BCUT2D eigenvalue weighted by Crippen LogP contribution is 2.61. The average molecular weight is 703 g/mol. The summed E-state index contributed by atoms with van der Waals surface area (Å²) < 4.78 is 0. The summed E-state index contributed by atoms with van der Waals surface area (Å²) in [6.45, 7) is 9.68. The second kappa shape index (κ2) is 10.7. The third kappa shape index (κ3) is 3.95. The number of hydrogen-bond acceptors (Lipinski definition) is 2. The maximum Gasteiger partial charge on any atom is 0.333 e. The molecule has 0 aromatic heterocycles. The molecule has 0 bridgehead atoms. The molecule has 0 fully saturated rings. The summed E-state index contributed by atoms with van der Waals surface area (Å²) in [5.74, 6) is 0. The van der Waals surface area contributed by atoms with Gasteiger partial charge in [0.1, 0.15) is 0 Å². The van der Waals surface area contributed by atoms with Gasteiger partial charge in [-0.05, 0) is 108 Å². The van der Waals surface area contributed by atoms with Gasteiger partial charge in [0.05, 0.1) is 5.69 Å². The topological polar surface area (TPSA) is 6.48 Å². The van der Waals surface area contributed by atoms with Crippen molar-refractivity contribution in [1.29, 1.82) is 0 Å². The highest BCUT2D eigenvalue weighted by atomic mass is 15.2. The maximum absolute atomic E-state index is 2.69. The first kappa shape index (κ1) is 31.1. The lowest BCUT2D eigenvalue weighted by molar-refractivity contribution is 0.630. The van der Waals surface area contributed by atoms with Crippen molar-refractivity contribution in [1.82, 2.24) is 0 Å². The molecule has 3 heteroatoms. The van der Waals surface area contributed by atoms with E-state index in [2.05, 4.69) is 201 Å². The Balaban J connectivity index is 1.25. The molecular weight excluding hydrogens is 663 g/mol. The third-order valence-electron chi connectivity index (χ3n) is 13.4. The minimum absolute atomic E-state index is 0.0432. The molecule has 1 aliphatic carbocycles.